The van der Waals surface area contributed by atoms with E-state index in [4.69, 9.17) is 0 Å². The Morgan fingerprint density at radius 1 is 0.328 bits per heavy atom. The summed E-state index contributed by atoms with van der Waals surface area (Å²) >= 11 is 0. The SMILES string of the molecule is CCCC[B-](c1c(F)c(F)c(F)c(F)c1F)(c1c(F)c(F)c(F)c(F)c1F)c1c(F)c(F)c(F)c(F)c1F.CCCC[P+](c1ccccc1)(c1ccccc1)c1ccccc1. The maximum absolute atomic E-state index is 15.1. The van der Waals surface area contributed by atoms with E-state index in [1.807, 2.05) is 0 Å². The molecule has 0 aliphatic rings. The van der Waals surface area contributed by atoms with Crippen molar-refractivity contribution in [3.63, 3.8) is 0 Å². The summed E-state index contributed by atoms with van der Waals surface area (Å²) < 4.78 is 217. The minimum Gasteiger partial charge on any atom is -0.207 e. The van der Waals surface area contributed by atoms with Crippen molar-refractivity contribution in [2.45, 2.75) is 45.9 Å². The van der Waals surface area contributed by atoms with Crippen LogP contribution in [0.25, 0.3) is 0 Å². The molecule has 0 bridgehead atoms. The Kier molecular flexibility index (Phi) is 14.8. The number of hydrogen-bond acceptors (Lipinski definition) is 0. The Labute approximate surface area is 341 Å². The molecule has 0 heterocycles. The van der Waals surface area contributed by atoms with Gasteiger partial charge in [-0.15, -0.1) is 16.4 Å². The van der Waals surface area contributed by atoms with Gasteiger partial charge in [-0.3, -0.25) is 0 Å². The largest absolute Gasteiger partial charge is 0.207 e. The van der Waals surface area contributed by atoms with Crippen LogP contribution in [0.4, 0.5) is 65.9 Å². The molecule has 0 N–H and O–H groups in total. The first-order valence-corrected chi connectivity index (χ1v) is 20.7. The zero-order chi connectivity index (χ0) is 45.0. The molecule has 0 spiro atoms. The van der Waals surface area contributed by atoms with Crippen molar-refractivity contribution in [1.82, 2.24) is 0 Å². The van der Waals surface area contributed by atoms with Gasteiger partial charge in [-0.1, -0.05) is 87.7 Å². The maximum Gasteiger partial charge on any atom is 0.200 e. The van der Waals surface area contributed by atoms with E-state index in [9.17, 15) is 39.5 Å². The molecule has 6 aromatic carbocycles. The van der Waals surface area contributed by atoms with Gasteiger partial charge in [0.1, 0.15) is 64.2 Å². The van der Waals surface area contributed by atoms with E-state index >= 15 is 26.3 Å². The zero-order valence-electron chi connectivity index (χ0n) is 32.1. The van der Waals surface area contributed by atoms with Crippen LogP contribution in [-0.2, 0) is 0 Å². The first-order valence-electron chi connectivity index (χ1n) is 18.7. The van der Waals surface area contributed by atoms with Crippen molar-refractivity contribution < 1.29 is 65.9 Å². The molecule has 0 aliphatic heterocycles. The number of benzene rings is 6. The summed E-state index contributed by atoms with van der Waals surface area (Å²) in [5.41, 5.74) is -7.70. The monoisotopic (exact) mass is 888 g/mol. The first-order chi connectivity index (χ1) is 29.0. The smallest absolute Gasteiger partial charge is 0.200 e. The summed E-state index contributed by atoms with van der Waals surface area (Å²) in [6.07, 6.45) is -4.42. The molecular weight excluding hydrogens is 855 g/mol. The topological polar surface area (TPSA) is 0 Å². The third-order valence-electron chi connectivity index (χ3n) is 10.6. The quantitative estimate of drug-likeness (QED) is 0.0378. The van der Waals surface area contributed by atoms with Crippen LogP contribution >= 0.6 is 7.26 Å². The number of rotatable bonds is 12. The molecule has 0 amide bonds. The zero-order valence-corrected chi connectivity index (χ0v) is 33.0. The van der Waals surface area contributed by atoms with Crippen LogP contribution in [0.15, 0.2) is 91.0 Å². The summed E-state index contributed by atoms with van der Waals surface area (Å²) in [7, 11) is -1.57. The lowest BCUT2D eigenvalue weighted by molar-refractivity contribution is 0.379. The molecule has 0 fully saturated rings. The van der Waals surface area contributed by atoms with Gasteiger partial charge in [-0.2, -0.15) is 6.32 Å². The lowest BCUT2D eigenvalue weighted by Crippen LogP contribution is -2.73. The fourth-order valence-electron chi connectivity index (χ4n) is 7.82. The van der Waals surface area contributed by atoms with Crippen LogP contribution in [0.3, 0.4) is 0 Å². The molecule has 322 valence electrons. The van der Waals surface area contributed by atoms with Crippen molar-refractivity contribution >= 4 is 45.7 Å². The minimum atomic E-state index is -5.41. The molecule has 0 saturated carbocycles. The third-order valence-corrected chi connectivity index (χ3v) is 15.2. The molecule has 6 rings (SSSR count). The van der Waals surface area contributed by atoms with Crippen LogP contribution < -0.4 is 32.3 Å². The minimum absolute atomic E-state index is 0.316. The molecule has 17 heteroatoms. The Bertz CT molecular complexity index is 2170. The van der Waals surface area contributed by atoms with Gasteiger partial charge >= 0.3 is 0 Å². The Morgan fingerprint density at radius 2 is 0.557 bits per heavy atom. The van der Waals surface area contributed by atoms with Crippen molar-refractivity contribution in [3.05, 3.63) is 178 Å². The standard InChI is InChI=1S/C22H9BF15.C22H24P/c1-2-3-4-23(5-8(24)14(30)20(36)15(31)9(5)25,6-10(26)16(32)21(37)17(33)11(6)27)7-12(28)18(34)22(38)19(35)13(7)29;1-2-3-19-23(20-13-7-4-8-14-20,21-15-9-5-10-16-21)22-17-11-6-12-18-22/h2-4H2,1H3;4-18H,2-3,19H2,1H3/q-1;+1. The second-order valence-electron chi connectivity index (χ2n) is 14.0. The summed E-state index contributed by atoms with van der Waals surface area (Å²) in [4.78, 5) is 0. The average molecular weight is 889 g/mol. The maximum atomic E-state index is 15.1. The van der Waals surface area contributed by atoms with Crippen LogP contribution in [0.2, 0.25) is 6.32 Å². The van der Waals surface area contributed by atoms with Crippen molar-refractivity contribution in [1.29, 1.82) is 0 Å². The van der Waals surface area contributed by atoms with E-state index in [1.54, 1.807) is 0 Å². The highest BCUT2D eigenvalue weighted by molar-refractivity contribution is 7.95. The highest BCUT2D eigenvalue weighted by Crippen LogP contribution is 2.55. The van der Waals surface area contributed by atoms with Gasteiger partial charge in [0.25, 0.3) is 0 Å². The summed E-state index contributed by atoms with van der Waals surface area (Å²) in [5.74, 6) is -44.7. The fourth-order valence-corrected chi connectivity index (χ4v) is 12.3. The van der Waals surface area contributed by atoms with Gasteiger partial charge in [0, 0.05) is 0 Å². The van der Waals surface area contributed by atoms with Crippen LogP contribution in [0, 0.1) is 87.3 Å². The molecule has 0 radical (unpaired) electrons. The number of unbranched alkanes of at least 4 members (excludes halogenated alkanes) is 2. The second kappa shape index (κ2) is 19.2. The predicted octanol–water partition coefficient (Wildman–Crippen LogP) is 10.8. The highest BCUT2D eigenvalue weighted by Gasteiger charge is 2.48. The molecular formula is C44H33BF15P. The molecule has 0 atom stereocenters. The fraction of sp³-hybridized carbons (Fsp3) is 0.182. The molecule has 0 unspecified atom stereocenters. The van der Waals surface area contributed by atoms with E-state index in [2.05, 4.69) is 97.9 Å². The van der Waals surface area contributed by atoms with Gasteiger partial charge < -0.3 is 0 Å². The van der Waals surface area contributed by atoms with E-state index in [0.29, 0.717) is 0 Å². The van der Waals surface area contributed by atoms with Crippen molar-refractivity contribution in [3.8, 4) is 0 Å². The van der Waals surface area contributed by atoms with Crippen LogP contribution in [0.1, 0.15) is 39.5 Å². The Morgan fingerprint density at radius 3 is 0.787 bits per heavy atom. The van der Waals surface area contributed by atoms with E-state index in [-0.39, 0.29) is 6.42 Å². The van der Waals surface area contributed by atoms with Crippen molar-refractivity contribution in [2.75, 3.05) is 6.16 Å². The van der Waals surface area contributed by atoms with Gasteiger partial charge in [-0.25, -0.2) is 65.9 Å². The van der Waals surface area contributed by atoms with Gasteiger partial charge in [-0.05, 0) is 42.8 Å². The van der Waals surface area contributed by atoms with Gasteiger partial charge in [0.2, 0.25) is 0 Å². The molecule has 61 heavy (non-hydrogen) atoms. The molecule has 0 aromatic heterocycles. The lowest BCUT2D eigenvalue weighted by Gasteiger charge is -2.44. The molecule has 0 aliphatic carbocycles. The molecule has 0 saturated heterocycles. The van der Waals surface area contributed by atoms with E-state index in [0.717, 1.165) is 0 Å². The van der Waals surface area contributed by atoms with E-state index in [1.165, 1.54) is 41.8 Å². The molecule has 0 nitrogen and oxygen atoms in total. The normalized spacial score (nSPS) is 11.8. The van der Waals surface area contributed by atoms with Gasteiger partial charge in [0.05, 0.1) is 6.16 Å². The van der Waals surface area contributed by atoms with E-state index < -0.39 is 130 Å². The van der Waals surface area contributed by atoms with Crippen molar-refractivity contribution in [2.24, 2.45) is 0 Å². The second-order valence-corrected chi connectivity index (χ2v) is 17.6. The predicted molar refractivity (Wildman–Crippen MR) is 208 cm³/mol. The summed E-state index contributed by atoms with van der Waals surface area (Å²) in [6.45, 7) is 3.46. The molecule has 6 aromatic rings. The first kappa shape index (κ1) is 46.8. The lowest BCUT2D eigenvalue weighted by atomic mass is 9.13. The van der Waals surface area contributed by atoms with Gasteiger partial charge in [0.15, 0.2) is 52.4 Å². The highest BCUT2D eigenvalue weighted by atomic mass is 31.2. The Hall–Kier alpha value is -5.24. The average Bonchev–Trinajstić information content (AvgIpc) is 3.28. The van der Waals surface area contributed by atoms with Crippen LogP contribution in [-0.4, -0.2) is 12.3 Å². The summed E-state index contributed by atoms with van der Waals surface area (Å²) in [6, 6.07) is 33.4. The Balaban J connectivity index is 0.000000260. The number of halogens is 15. The third kappa shape index (κ3) is 8.15. The van der Waals surface area contributed by atoms with Crippen LogP contribution in [0.5, 0.6) is 0 Å². The number of hydrogen-bond donors (Lipinski definition) is 0. The summed E-state index contributed by atoms with van der Waals surface area (Å²) in [5, 5.41) is 4.47.